The summed E-state index contributed by atoms with van der Waals surface area (Å²) in [5.74, 6) is 0. The van der Waals surface area contributed by atoms with Gasteiger partial charge in [-0.3, -0.25) is 0 Å². The highest BCUT2D eigenvalue weighted by atomic mass is 15.4. The second kappa shape index (κ2) is 5.23. The Bertz CT molecular complexity index is 194. The normalized spacial score (nSPS) is 9.09. The lowest BCUT2D eigenvalue weighted by Gasteiger charge is -2.11. The molecule has 0 aliphatic rings. The summed E-state index contributed by atoms with van der Waals surface area (Å²) >= 11 is 0. The van der Waals surface area contributed by atoms with Crippen LogP contribution in [0.2, 0.25) is 0 Å². The van der Waals surface area contributed by atoms with Crippen molar-refractivity contribution in [3.05, 3.63) is 49.9 Å². The molecular weight excluding hydrogens is 136 g/mol. The average Bonchev–Trinajstić information content (AvgIpc) is 2.03. The minimum Gasteiger partial charge on any atom is -0.243 e. The minimum atomic E-state index is 0.704. The molecule has 0 unspecified atom stereocenters. The summed E-state index contributed by atoms with van der Waals surface area (Å²) in [6.07, 6.45) is 6.73. The first kappa shape index (κ1) is 9.43. The number of hydrazone groups is 1. The van der Waals surface area contributed by atoms with Crippen LogP contribution < -0.4 is 0 Å². The Morgan fingerprint density at radius 1 is 1.36 bits per heavy atom. The van der Waals surface area contributed by atoms with Crippen molar-refractivity contribution >= 4 is 6.72 Å². The molecule has 0 spiro atoms. The molecule has 0 aromatic heterocycles. The zero-order valence-electron chi connectivity index (χ0n) is 6.53. The number of hydrogen-bond donors (Lipinski definition) is 0. The van der Waals surface area contributed by atoms with Gasteiger partial charge in [-0.2, -0.15) is 5.10 Å². The molecule has 0 amide bonds. The summed E-state index contributed by atoms with van der Waals surface area (Å²) in [5, 5.41) is 5.11. The quantitative estimate of drug-likeness (QED) is 0.332. The smallest absolute Gasteiger partial charge is 0.0573 e. The second-order valence-corrected chi connectivity index (χ2v) is 1.75. The van der Waals surface area contributed by atoms with Gasteiger partial charge < -0.3 is 0 Å². The Morgan fingerprint density at radius 3 is 2.36 bits per heavy atom. The van der Waals surface area contributed by atoms with Gasteiger partial charge in [0.15, 0.2) is 0 Å². The van der Waals surface area contributed by atoms with Gasteiger partial charge in [-0.05, 0) is 6.08 Å². The molecule has 0 radical (unpaired) electrons. The highest BCUT2D eigenvalue weighted by Gasteiger charge is 1.92. The Kier molecular flexibility index (Phi) is 4.49. The third-order valence-electron chi connectivity index (χ3n) is 1.04. The molecule has 0 saturated carbocycles. The van der Waals surface area contributed by atoms with Crippen molar-refractivity contribution in [1.82, 2.24) is 5.01 Å². The SMILES string of the molecule is C=C/C=C\C(=C)N(C=C)N=C. The summed E-state index contributed by atoms with van der Waals surface area (Å²) in [7, 11) is 0. The van der Waals surface area contributed by atoms with Crippen LogP contribution in [0.5, 0.6) is 0 Å². The van der Waals surface area contributed by atoms with E-state index in [9.17, 15) is 0 Å². The van der Waals surface area contributed by atoms with Crippen molar-refractivity contribution in [2.45, 2.75) is 0 Å². The van der Waals surface area contributed by atoms with Gasteiger partial charge in [-0.15, -0.1) is 0 Å². The highest BCUT2D eigenvalue weighted by molar-refractivity contribution is 5.26. The molecule has 0 N–H and O–H groups in total. The Balaban J connectivity index is 4.20. The zero-order valence-corrected chi connectivity index (χ0v) is 6.53. The van der Waals surface area contributed by atoms with Crippen LogP contribution in [-0.4, -0.2) is 11.7 Å². The van der Waals surface area contributed by atoms with Crippen molar-refractivity contribution in [3.8, 4) is 0 Å². The van der Waals surface area contributed by atoms with Crippen LogP contribution >= 0.6 is 0 Å². The van der Waals surface area contributed by atoms with Crippen LogP contribution in [0.3, 0.4) is 0 Å². The molecule has 0 rings (SSSR count). The van der Waals surface area contributed by atoms with E-state index >= 15 is 0 Å². The van der Waals surface area contributed by atoms with Crippen molar-refractivity contribution in [2.75, 3.05) is 0 Å². The summed E-state index contributed by atoms with van der Waals surface area (Å²) in [5.41, 5.74) is 0.704. The van der Waals surface area contributed by atoms with Crippen LogP contribution in [0.25, 0.3) is 0 Å². The van der Waals surface area contributed by atoms with E-state index in [0.717, 1.165) is 0 Å². The molecule has 58 valence electrons. The molecule has 0 saturated heterocycles. The van der Waals surface area contributed by atoms with Crippen molar-refractivity contribution in [2.24, 2.45) is 5.10 Å². The largest absolute Gasteiger partial charge is 0.243 e. The maximum Gasteiger partial charge on any atom is 0.0573 e. The van der Waals surface area contributed by atoms with E-state index < -0.39 is 0 Å². The van der Waals surface area contributed by atoms with Gasteiger partial charge in [0.25, 0.3) is 0 Å². The van der Waals surface area contributed by atoms with Crippen LogP contribution in [0.4, 0.5) is 0 Å². The average molecular weight is 148 g/mol. The molecule has 0 heterocycles. The predicted molar refractivity (Wildman–Crippen MR) is 50.1 cm³/mol. The molecule has 0 atom stereocenters. The van der Waals surface area contributed by atoms with E-state index in [4.69, 9.17) is 0 Å². The fourth-order valence-electron chi connectivity index (χ4n) is 0.521. The first-order valence-electron chi connectivity index (χ1n) is 3.12. The van der Waals surface area contributed by atoms with Gasteiger partial charge in [0.05, 0.1) is 5.70 Å². The van der Waals surface area contributed by atoms with Crippen LogP contribution in [-0.2, 0) is 0 Å². The van der Waals surface area contributed by atoms with E-state index in [2.05, 4.69) is 31.6 Å². The highest BCUT2D eigenvalue weighted by Crippen LogP contribution is 2.03. The molecule has 0 aliphatic carbocycles. The number of rotatable bonds is 5. The van der Waals surface area contributed by atoms with E-state index in [0.29, 0.717) is 5.70 Å². The maximum absolute atomic E-state index is 3.72. The maximum atomic E-state index is 3.72. The Labute approximate surface area is 67.5 Å². The Hall–Kier alpha value is -1.57. The van der Waals surface area contributed by atoms with Gasteiger partial charge >= 0.3 is 0 Å². The molecule has 11 heavy (non-hydrogen) atoms. The topological polar surface area (TPSA) is 15.6 Å². The molecule has 0 aromatic rings. The summed E-state index contributed by atoms with van der Waals surface area (Å²) < 4.78 is 0. The molecule has 0 aliphatic heterocycles. The lowest BCUT2D eigenvalue weighted by atomic mass is 10.4. The third kappa shape index (κ3) is 3.20. The standard InChI is InChI=1S/C9H12N2/c1-5-7-8-9(3)11(6-2)10-4/h5-8H,1-4H2/b8-7-. The van der Waals surface area contributed by atoms with Gasteiger partial charge in [0.1, 0.15) is 0 Å². The van der Waals surface area contributed by atoms with Crippen LogP contribution in [0.15, 0.2) is 55.0 Å². The fraction of sp³-hybridized carbons (Fsp3) is 0. The molecule has 0 bridgehead atoms. The van der Waals surface area contributed by atoms with Crippen LogP contribution in [0, 0.1) is 0 Å². The van der Waals surface area contributed by atoms with E-state index in [1.165, 1.54) is 11.2 Å². The van der Waals surface area contributed by atoms with E-state index in [1.54, 1.807) is 18.2 Å². The van der Waals surface area contributed by atoms with Crippen molar-refractivity contribution in [3.63, 3.8) is 0 Å². The second-order valence-electron chi connectivity index (χ2n) is 1.75. The Morgan fingerprint density at radius 2 is 2.00 bits per heavy atom. The van der Waals surface area contributed by atoms with Crippen molar-refractivity contribution < 1.29 is 0 Å². The summed E-state index contributed by atoms with van der Waals surface area (Å²) in [6, 6.07) is 0. The fourth-order valence-corrected chi connectivity index (χ4v) is 0.521. The van der Waals surface area contributed by atoms with Gasteiger partial charge in [-0.25, -0.2) is 5.01 Å². The molecule has 0 fully saturated rings. The number of hydrogen-bond acceptors (Lipinski definition) is 2. The van der Waals surface area contributed by atoms with E-state index in [1.807, 2.05) is 0 Å². The van der Waals surface area contributed by atoms with E-state index in [-0.39, 0.29) is 0 Å². The van der Waals surface area contributed by atoms with Crippen LogP contribution in [0.1, 0.15) is 0 Å². The lowest BCUT2D eigenvalue weighted by molar-refractivity contribution is 0.523. The first-order valence-corrected chi connectivity index (χ1v) is 3.12. The number of nitrogens with zero attached hydrogens (tertiary/aromatic N) is 2. The van der Waals surface area contributed by atoms with Crippen molar-refractivity contribution in [1.29, 1.82) is 0 Å². The number of allylic oxidation sites excluding steroid dienone is 3. The minimum absolute atomic E-state index is 0.704. The lowest BCUT2D eigenvalue weighted by Crippen LogP contribution is -2.04. The molecular formula is C9H12N2. The van der Waals surface area contributed by atoms with Gasteiger partial charge in [0.2, 0.25) is 0 Å². The zero-order chi connectivity index (χ0) is 8.69. The monoisotopic (exact) mass is 148 g/mol. The third-order valence-corrected chi connectivity index (χ3v) is 1.04. The molecule has 2 heteroatoms. The first-order chi connectivity index (χ1) is 5.26. The summed E-state index contributed by atoms with van der Waals surface area (Å²) in [4.78, 5) is 0. The molecule has 2 nitrogen and oxygen atoms in total. The summed E-state index contributed by atoms with van der Waals surface area (Å²) in [6.45, 7) is 14.1. The molecule has 0 aromatic carbocycles. The predicted octanol–water partition coefficient (Wildman–Crippen LogP) is 2.30. The van der Waals surface area contributed by atoms with Gasteiger partial charge in [0, 0.05) is 12.9 Å². The van der Waals surface area contributed by atoms with Gasteiger partial charge in [-0.1, -0.05) is 31.9 Å².